The number of halogens is 1. The van der Waals surface area contributed by atoms with Crippen molar-refractivity contribution < 1.29 is 19.1 Å². The number of carbonyl (C=O) groups is 2. The molecule has 0 aromatic heterocycles. The predicted molar refractivity (Wildman–Crippen MR) is 124 cm³/mol. The van der Waals surface area contributed by atoms with Crippen LogP contribution in [0.3, 0.4) is 0 Å². The minimum absolute atomic E-state index is 0.153. The first-order valence-corrected chi connectivity index (χ1v) is 10.9. The van der Waals surface area contributed by atoms with Gasteiger partial charge in [-0.1, -0.05) is 11.6 Å². The normalized spacial score (nSPS) is 18.4. The summed E-state index contributed by atoms with van der Waals surface area (Å²) < 4.78 is 11.2. The molecule has 2 aliphatic heterocycles. The number of hydrogen-bond donors (Lipinski definition) is 2. The van der Waals surface area contributed by atoms with Crippen LogP contribution in [0, 0.1) is 0 Å². The summed E-state index contributed by atoms with van der Waals surface area (Å²) >= 11 is 6.46. The molecule has 0 radical (unpaired) electrons. The van der Waals surface area contributed by atoms with Crippen molar-refractivity contribution in [3.63, 3.8) is 0 Å². The fraction of sp³-hybridized carbons (Fsp3) is 0.391. The number of nitrogens with one attached hydrogen (secondary N) is 2. The lowest BCUT2D eigenvalue weighted by atomic mass is 10.1. The van der Waals surface area contributed by atoms with Gasteiger partial charge in [-0.2, -0.15) is 0 Å². The first-order chi connectivity index (χ1) is 15.4. The number of benzene rings is 2. The second kappa shape index (κ2) is 9.26. The van der Waals surface area contributed by atoms with Crippen LogP contribution in [0.1, 0.15) is 22.8 Å². The van der Waals surface area contributed by atoms with Gasteiger partial charge in [0.05, 0.1) is 23.5 Å². The number of fused-ring (bicyclic) bond motifs is 1. The smallest absolute Gasteiger partial charge is 0.265 e. The highest BCUT2D eigenvalue weighted by molar-refractivity contribution is 6.33. The number of ether oxygens (including phenoxy) is 2. The Morgan fingerprint density at radius 1 is 1.25 bits per heavy atom. The summed E-state index contributed by atoms with van der Waals surface area (Å²) in [7, 11) is 3.20. The van der Waals surface area contributed by atoms with E-state index in [1.54, 1.807) is 33.2 Å². The molecule has 2 heterocycles. The molecule has 0 spiro atoms. The van der Waals surface area contributed by atoms with E-state index >= 15 is 0 Å². The molecular weight excluding hydrogens is 432 g/mol. The quantitative estimate of drug-likeness (QED) is 0.717. The first kappa shape index (κ1) is 22.2. The van der Waals surface area contributed by atoms with Crippen LogP contribution in [0.2, 0.25) is 5.02 Å². The first-order valence-electron chi connectivity index (χ1n) is 10.6. The summed E-state index contributed by atoms with van der Waals surface area (Å²) in [4.78, 5) is 28.4. The highest BCUT2D eigenvalue weighted by atomic mass is 35.5. The van der Waals surface area contributed by atoms with E-state index in [1.807, 2.05) is 18.2 Å². The molecule has 0 aliphatic carbocycles. The van der Waals surface area contributed by atoms with Gasteiger partial charge in [0.2, 0.25) is 0 Å². The van der Waals surface area contributed by atoms with E-state index in [-0.39, 0.29) is 11.8 Å². The summed E-state index contributed by atoms with van der Waals surface area (Å²) in [6, 6.07) is 9.31. The Kier molecular flexibility index (Phi) is 6.43. The maximum Gasteiger partial charge on any atom is 0.265 e. The molecule has 2 aromatic carbocycles. The van der Waals surface area contributed by atoms with Gasteiger partial charge in [0, 0.05) is 45.3 Å². The molecule has 32 heavy (non-hydrogen) atoms. The van der Waals surface area contributed by atoms with Gasteiger partial charge < -0.3 is 25.0 Å². The zero-order valence-electron chi connectivity index (χ0n) is 18.4. The average molecular weight is 459 g/mol. The summed E-state index contributed by atoms with van der Waals surface area (Å²) in [5, 5.41) is 6.08. The van der Waals surface area contributed by atoms with Gasteiger partial charge in [0.25, 0.3) is 11.8 Å². The predicted octanol–water partition coefficient (Wildman–Crippen LogP) is 2.75. The van der Waals surface area contributed by atoms with Crippen molar-refractivity contribution in [2.45, 2.75) is 19.6 Å². The number of methoxy groups -OCH3 is 1. The van der Waals surface area contributed by atoms with Gasteiger partial charge in [-0.3, -0.25) is 14.5 Å². The van der Waals surface area contributed by atoms with Crippen molar-refractivity contribution in [3.05, 3.63) is 46.5 Å². The van der Waals surface area contributed by atoms with Crippen molar-refractivity contribution >= 4 is 34.8 Å². The molecule has 1 unspecified atom stereocenters. The number of hydrogen-bond acceptors (Lipinski definition) is 6. The van der Waals surface area contributed by atoms with Crippen molar-refractivity contribution in [2.24, 2.45) is 0 Å². The van der Waals surface area contributed by atoms with E-state index in [0.29, 0.717) is 27.8 Å². The Morgan fingerprint density at radius 2 is 2.00 bits per heavy atom. The lowest BCUT2D eigenvalue weighted by molar-refractivity contribution is -0.122. The molecule has 0 bridgehead atoms. The van der Waals surface area contributed by atoms with E-state index in [1.165, 1.54) is 0 Å². The summed E-state index contributed by atoms with van der Waals surface area (Å²) in [5.41, 5.74) is 3.17. The third kappa shape index (κ3) is 4.47. The Hall–Kier alpha value is -2.97. The van der Waals surface area contributed by atoms with Crippen molar-refractivity contribution in [1.82, 2.24) is 10.2 Å². The average Bonchev–Trinajstić information content (AvgIpc) is 2.79. The van der Waals surface area contributed by atoms with Crippen LogP contribution < -0.4 is 25.0 Å². The molecule has 2 amide bonds. The molecule has 2 aromatic rings. The summed E-state index contributed by atoms with van der Waals surface area (Å²) in [6.07, 6.45) is -0.549. The number of anilines is 2. The molecule has 8 nitrogen and oxygen atoms in total. The minimum Gasteiger partial charge on any atom is -0.493 e. The highest BCUT2D eigenvalue weighted by Gasteiger charge is 2.28. The Labute approximate surface area is 192 Å². The monoisotopic (exact) mass is 458 g/mol. The summed E-state index contributed by atoms with van der Waals surface area (Å²) in [6.45, 7) is 5.78. The molecule has 4 rings (SSSR count). The SMILES string of the molecule is CNC(=O)c1ccc(N2CCN(Cc3cc4c(c(OC)c3)OC(C)C(=O)N4)CC2)c(Cl)c1. The molecular formula is C23H27ClN4O4. The number of nitrogens with zero attached hydrogens (tertiary/aromatic N) is 2. The van der Waals surface area contributed by atoms with E-state index < -0.39 is 6.10 Å². The van der Waals surface area contributed by atoms with E-state index in [0.717, 1.165) is 44.0 Å². The Morgan fingerprint density at radius 3 is 2.66 bits per heavy atom. The second-order valence-electron chi connectivity index (χ2n) is 7.93. The number of rotatable bonds is 5. The van der Waals surface area contributed by atoms with Crippen molar-refractivity contribution in [2.75, 3.05) is 50.6 Å². The van der Waals surface area contributed by atoms with Gasteiger partial charge in [-0.05, 0) is 42.8 Å². The third-order valence-electron chi connectivity index (χ3n) is 5.81. The minimum atomic E-state index is -0.549. The van der Waals surface area contributed by atoms with Crippen molar-refractivity contribution in [3.8, 4) is 11.5 Å². The molecule has 9 heteroatoms. The van der Waals surface area contributed by atoms with Gasteiger partial charge in [-0.15, -0.1) is 0 Å². The van der Waals surface area contributed by atoms with Crippen LogP contribution in [-0.2, 0) is 11.3 Å². The number of carbonyl (C=O) groups excluding carboxylic acids is 2. The molecule has 170 valence electrons. The zero-order chi connectivity index (χ0) is 22.8. The molecule has 2 N–H and O–H groups in total. The molecule has 2 aliphatic rings. The van der Waals surface area contributed by atoms with Crippen LogP contribution in [0.15, 0.2) is 30.3 Å². The van der Waals surface area contributed by atoms with E-state index in [2.05, 4.69) is 20.4 Å². The standard InChI is InChI=1S/C23H27ClN4O4/c1-14-22(29)26-18-10-15(11-20(31-3)21(18)32-14)13-27-6-8-28(9-7-27)19-5-4-16(12-17(19)24)23(30)25-2/h4-5,10-12,14H,6-9,13H2,1-3H3,(H,25,30)(H,26,29). The van der Waals surface area contributed by atoms with Gasteiger partial charge >= 0.3 is 0 Å². The van der Waals surface area contributed by atoms with Gasteiger partial charge in [-0.25, -0.2) is 0 Å². The van der Waals surface area contributed by atoms with Crippen LogP contribution in [0.5, 0.6) is 11.5 Å². The van der Waals surface area contributed by atoms with Crippen LogP contribution in [0.25, 0.3) is 0 Å². The van der Waals surface area contributed by atoms with Gasteiger partial charge in [0.1, 0.15) is 0 Å². The highest BCUT2D eigenvalue weighted by Crippen LogP contribution is 2.40. The number of piperazine rings is 1. The Balaban J connectivity index is 1.42. The maximum absolute atomic E-state index is 12.0. The molecule has 1 atom stereocenters. The lowest BCUT2D eigenvalue weighted by Crippen LogP contribution is -2.46. The Bertz CT molecular complexity index is 1040. The molecule has 0 saturated carbocycles. The van der Waals surface area contributed by atoms with E-state index in [9.17, 15) is 9.59 Å². The third-order valence-corrected chi connectivity index (χ3v) is 6.12. The number of amides is 2. The second-order valence-corrected chi connectivity index (χ2v) is 8.34. The van der Waals surface area contributed by atoms with Crippen LogP contribution >= 0.6 is 11.6 Å². The fourth-order valence-corrected chi connectivity index (χ4v) is 4.34. The molecule has 1 fully saturated rings. The maximum atomic E-state index is 12.0. The fourth-order valence-electron chi connectivity index (χ4n) is 4.04. The van der Waals surface area contributed by atoms with Crippen LogP contribution in [0.4, 0.5) is 11.4 Å². The largest absolute Gasteiger partial charge is 0.493 e. The van der Waals surface area contributed by atoms with Crippen molar-refractivity contribution in [1.29, 1.82) is 0 Å². The zero-order valence-corrected chi connectivity index (χ0v) is 19.2. The van der Waals surface area contributed by atoms with E-state index in [4.69, 9.17) is 21.1 Å². The topological polar surface area (TPSA) is 83.1 Å². The van der Waals surface area contributed by atoms with Gasteiger partial charge in [0.15, 0.2) is 17.6 Å². The van der Waals surface area contributed by atoms with Crippen LogP contribution in [-0.4, -0.2) is 63.2 Å². The lowest BCUT2D eigenvalue weighted by Gasteiger charge is -2.36. The summed E-state index contributed by atoms with van der Waals surface area (Å²) in [5.74, 6) is 0.874. The molecule has 1 saturated heterocycles.